The van der Waals surface area contributed by atoms with Crippen LogP contribution in [0.5, 0.6) is 0 Å². The highest BCUT2D eigenvalue weighted by Crippen LogP contribution is 2.21. The number of carbonyl (C=O) groups excluding carboxylic acids is 2. The van der Waals surface area contributed by atoms with Gasteiger partial charge < -0.3 is 9.73 Å². The molecule has 0 atom stereocenters. The van der Waals surface area contributed by atoms with Crippen LogP contribution < -0.4 is 5.32 Å². The zero-order chi connectivity index (χ0) is 19.9. The Morgan fingerprint density at radius 3 is 2.21 bits per heavy atom. The Kier molecular flexibility index (Phi) is 6.11. The first-order chi connectivity index (χ1) is 13.5. The monoisotopic (exact) mass is 375 g/mol. The number of aryl methyl sites for hydroxylation is 2. The number of hydrogen-bond donors (Lipinski definition) is 1. The predicted molar refractivity (Wildman–Crippen MR) is 107 cm³/mol. The summed E-state index contributed by atoms with van der Waals surface area (Å²) in [6, 6.07) is 18.3. The molecular weight excluding hydrogens is 354 g/mol. The zero-order valence-corrected chi connectivity index (χ0v) is 15.8. The van der Waals surface area contributed by atoms with E-state index in [0.29, 0.717) is 34.9 Å². The largest absolute Gasteiger partial charge is 0.466 e. The molecular formula is C22H21N3O3. The van der Waals surface area contributed by atoms with Gasteiger partial charge in [0.2, 0.25) is 5.91 Å². The predicted octanol–water partition coefficient (Wildman–Crippen LogP) is 5.78. The molecule has 0 aliphatic rings. The average molecular weight is 375 g/mol. The van der Waals surface area contributed by atoms with Gasteiger partial charge in [-0.15, -0.1) is 0 Å². The van der Waals surface area contributed by atoms with Gasteiger partial charge in [-0.1, -0.05) is 18.2 Å². The molecule has 0 radical (unpaired) electrons. The number of nitrogens with zero attached hydrogens (tertiary/aromatic N) is 2. The van der Waals surface area contributed by atoms with Crippen LogP contribution in [0, 0.1) is 6.92 Å². The number of amides is 1. The van der Waals surface area contributed by atoms with Crippen molar-refractivity contribution in [3.63, 3.8) is 0 Å². The molecule has 6 nitrogen and oxygen atoms in total. The number of nitrogens with one attached hydrogen (secondary N) is 1. The quantitative estimate of drug-likeness (QED) is 0.420. The van der Waals surface area contributed by atoms with Crippen LogP contribution in [-0.4, -0.2) is 11.7 Å². The lowest BCUT2D eigenvalue weighted by Gasteiger charge is -2.04. The highest BCUT2D eigenvalue weighted by molar-refractivity contribution is 5.95. The molecule has 2 aromatic carbocycles. The lowest BCUT2D eigenvalue weighted by Crippen LogP contribution is -2.11. The summed E-state index contributed by atoms with van der Waals surface area (Å²) in [4.78, 5) is 23.6. The summed E-state index contributed by atoms with van der Waals surface area (Å²) in [6.07, 6.45) is 0.698. The summed E-state index contributed by atoms with van der Waals surface area (Å²) in [5.74, 6) is 1.05. The van der Waals surface area contributed by atoms with Gasteiger partial charge in [0.05, 0.1) is 16.9 Å². The third-order valence-corrected chi connectivity index (χ3v) is 4.13. The van der Waals surface area contributed by atoms with Crippen LogP contribution in [0.25, 0.3) is 0 Å². The summed E-state index contributed by atoms with van der Waals surface area (Å²) >= 11 is 0. The van der Waals surface area contributed by atoms with Crippen molar-refractivity contribution in [3.8, 4) is 0 Å². The second kappa shape index (κ2) is 8.90. The third kappa shape index (κ3) is 5.23. The van der Waals surface area contributed by atoms with Gasteiger partial charge in [-0.05, 0) is 56.3 Å². The maximum absolute atomic E-state index is 12.1. The summed E-state index contributed by atoms with van der Waals surface area (Å²) < 4.78 is 5.53. The first-order valence-corrected chi connectivity index (χ1v) is 8.98. The number of hydrogen-bond acceptors (Lipinski definition) is 5. The molecule has 0 spiro atoms. The Bertz CT molecular complexity index is 990. The van der Waals surface area contributed by atoms with Gasteiger partial charge in [0, 0.05) is 18.5 Å². The molecule has 142 valence electrons. The van der Waals surface area contributed by atoms with Crippen LogP contribution in [0.3, 0.4) is 0 Å². The van der Waals surface area contributed by atoms with E-state index in [1.807, 2.05) is 30.3 Å². The Labute approximate surface area is 163 Å². The van der Waals surface area contributed by atoms with Gasteiger partial charge in [0.15, 0.2) is 5.78 Å². The van der Waals surface area contributed by atoms with Crippen LogP contribution in [0.1, 0.15) is 35.2 Å². The molecule has 3 rings (SSSR count). The van der Waals surface area contributed by atoms with Crippen LogP contribution in [0.15, 0.2) is 75.3 Å². The zero-order valence-electron chi connectivity index (χ0n) is 15.8. The molecule has 0 saturated heterocycles. The minimum atomic E-state index is -0.128. The van der Waals surface area contributed by atoms with E-state index in [0.717, 1.165) is 5.69 Å². The SMILES string of the molecule is CC(=O)c1cc(CCC(=O)Nc2ccc(N=Nc3ccccc3)cc2)oc1C. The number of rotatable bonds is 7. The van der Waals surface area contributed by atoms with Gasteiger partial charge in [0.25, 0.3) is 0 Å². The molecule has 0 unspecified atom stereocenters. The van der Waals surface area contributed by atoms with E-state index in [1.165, 1.54) is 6.92 Å². The fourth-order valence-electron chi connectivity index (χ4n) is 2.70. The first kappa shape index (κ1) is 19.2. The van der Waals surface area contributed by atoms with E-state index < -0.39 is 0 Å². The van der Waals surface area contributed by atoms with E-state index in [2.05, 4.69) is 15.5 Å². The molecule has 0 aliphatic carbocycles. The Morgan fingerprint density at radius 2 is 1.61 bits per heavy atom. The van der Waals surface area contributed by atoms with Crippen molar-refractivity contribution in [3.05, 3.63) is 77.7 Å². The minimum absolute atomic E-state index is 0.0403. The summed E-state index contributed by atoms with van der Waals surface area (Å²) in [6.45, 7) is 3.24. The smallest absolute Gasteiger partial charge is 0.224 e. The highest BCUT2D eigenvalue weighted by atomic mass is 16.3. The first-order valence-electron chi connectivity index (χ1n) is 8.98. The second-order valence-corrected chi connectivity index (χ2v) is 6.37. The molecule has 1 N–H and O–H groups in total. The van der Waals surface area contributed by atoms with Crippen molar-refractivity contribution >= 4 is 28.8 Å². The van der Waals surface area contributed by atoms with Crippen molar-refractivity contribution in [1.82, 2.24) is 0 Å². The second-order valence-electron chi connectivity index (χ2n) is 6.37. The van der Waals surface area contributed by atoms with Gasteiger partial charge >= 0.3 is 0 Å². The van der Waals surface area contributed by atoms with Crippen molar-refractivity contribution in [2.45, 2.75) is 26.7 Å². The van der Waals surface area contributed by atoms with Crippen molar-refractivity contribution in [2.24, 2.45) is 10.2 Å². The molecule has 1 heterocycles. The number of ketones is 1. The third-order valence-electron chi connectivity index (χ3n) is 4.13. The fourth-order valence-corrected chi connectivity index (χ4v) is 2.70. The van der Waals surface area contributed by atoms with Gasteiger partial charge in [-0.3, -0.25) is 9.59 Å². The number of Topliss-reactive ketones (excluding diaryl/α,β-unsaturated/α-hetero) is 1. The molecule has 6 heteroatoms. The van der Waals surface area contributed by atoms with Gasteiger partial charge in [0.1, 0.15) is 11.5 Å². The average Bonchev–Trinajstić information content (AvgIpc) is 3.08. The number of carbonyl (C=O) groups is 2. The number of benzene rings is 2. The molecule has 0 bridgehead atoms. The normalized spacial score (nSPS) is 10.9. The molecule has 3 aromatic rings. The summed E-state index contributed by atoms with van der Waals surface area (Å²) in [7, 11) is 0. The van der Waals surface area contributed by atoms with E-state index in [-0.39, 0.29) is 18.1 Å². The fraction of sp³-hybridized carbons (Fsp3) is 0.182. The molecule has 1 amide bonds. The Balaban J connectivity index is 1.52. The Hall–Kier alpha value is -3.54. The summed E-state index contributed by atoms with van der Waals surface area (Å²) in [5.41, 5.74) is 2.73. The van der Waals surface area contributed by atoms with E-state index in [4.69, 9.17) is 4.42 Å². The number of furan rings is 1. The van der Waals surface area contributed by atoms with Crippen molar-refractivity contribution < 1.29 is 14.0 Å². The lowest BCUT2D eigenvalue weighted by molar-refractivity contribution is -0.116. The minimum Gasteiger partial charge on any atom is -0.466 e. The van der Waals surface area contributed by atoms with E-state index in [1.54, 1.807) is 37.3 Å². The standard InChI is InChI=1S/C22H21N3O3/c1-15(26)21-14-20(28-16(21)2)12-13-22(27)23-17-8-10-19(11-9-17)25-24-18-6-4-3-5-7-18/h3-11,14H,12-13H2,1-2H3,(H,23,27). The van der Waals surface area contributed by atoms with Gasteiger partial charge in [-0.25, -0.2) is 0 Å². The summed E-state index contributed by atoms with van der Waals surface area (Å²) in [5, 5.41) is 11.2. The van der Waals surface area contributed by atoms with Crippen LogP contribution in [-0.2, 0) is 11.2 Å². The molecule has 0 saturated carbocycles. The number of anilines is 1. The highest BCUT2D eigenvalue weighted by Gasteiger charge is 2.12. The van der Waals surface area contributed by atoms with Crippen LogP contribution in [0.2, 0.25) is 0 Å². The van der Waals surface area contributed by atoms with E-state index in [9.17, 15) is 9.59 Å². The number of azo groups is 1. The molecule has 28 heavy (non-hydrogen) atoms. The molecule has 0 aliphatic heterocycles. The van der Waals surface area contributed by atoms with Crippen molar-refractivity contribution in [1.29, 1.82) is 0 Å². The molecule has 1 aromatic heterocycles. The van der Waals surface area contributed by atoms with E-state index >= 15 is 0 Å². The van der Waals surface area contributed by atoms with Crippen LogP contribution >= 0.6 is 0 Å². The Morgan fingerprint density at radius 1 is 0.964 bits per heavy atom. The molecule has 0 fully saturated rings. The maximum atomic E-state index is 12.1. The van der Waals surface area contributed by atoms with Gasteiger partial charge in [-0.2, -0.15) is 10.2 Å². The maximum Gasteiger partial charge on any atom is 0.224 e. The van der Waals surface area contributed by atoms with Crippen molar-refractivity contribution in [2.75, 3.05) is 5.32 Å². The lowest BCUT2D eigenvalue weighted by atomic mass is 10.1. The topological polar surface area (TPSA) is 84.0 Å². The van der Waals surface area contributed by atoms with Crippen LogP contribution in [0.4, 0.5) is 17.1 Å².